The van der Waals surface area contributed by atoms with Crippen molar-refractivity contribution in [3.8, 4) is 0 Å². The fourth-order valence-electron chi connectivity index (χ4n) is 3.52. The largest absolute Gasteiger partial charge is 0.354 e. The average molecular weight is 326 g/mol. The molecule has 0 saturated carbocycles. The molecule has 0 saturated heterocycles. The van der Waals surface area contributed by atoms with Gasteiger partial charge in [-0.15, -0.1) is 0 Å². The van der Waals surface area contributed by atoms with Crippen LogP contribution in [0.25, 0.3) is 0 Å². The van der Waals surface area contributed by atoms with Crippen molar-refractivity contribution in [1.82, 2.24) is 20.4 Å². The second kappa shape index (κ2) is 7.62. The van der Waals surface area contributed by atoms with E-state index in [0.717, 1.165) is 44.3 Å². The molecule has 1 aromatic carbocycles. The SMILES string of the molecule is CCNC1CCc2c(c(C(=O)NC)nn2CCc2ccccc2)C1. The van der Waals surface area contributed by atoms with Crippen molar-refractivity contribution in [3.05, 3.63) is 52.8 Å². The Morgan fingerprint density at radius 1 is 1.33 bits per heavy atom. The lowest BCUT2D eigenvalue weighted by Gasteiger charge is -2.24. The lowest BCUT2D eigenvalue weighted by molar-refractivity contribution is 0.0956. The maximum atomic E-state index is 12.2. The van der Waals surface area contributed by atoms with Gasteiger partial charge in [0.05, 0.1) is 0 Å². The van der Waals surface area contributed by atoms with E-state index in [1.165, 1.54) is 11.3 Å². The van der Waals surface area contributed by atoms with Gasteiger partial charge in [-0.3, -0.25) is 9.48 Å². The number of likely N-dealkylation sites (N-methyl/N-ethyl adjacent to an activating group) is 1. The van der Waals surface area contributed by atoms with Crippen LogP contribution in [0.15, 0.2) is 30.3 Å². The van der Waals surface area contributed by atoms with Crippen LogP contribution in [-0.4, -0.2) is 35.3 Å². The molecular weight excluding hydrogens is 300 g/mol. The monoisotopic (exact) mass is 326 g/mol. The van der Waals surface area contributed by atoms with Gasteiger partial charge in [-0.1, -0.05) is 37.3 Å². The van der Waals surface area contributed by atoms with E-state index in [1.807, 2.05) is 6.07 Å². The summed E-state index contributed by atoms with van der Waals surface area (Å²) in [7, 11) is 1.67. The smallest absolute Gasteiger partial charge is 0.271 e. The molecule has 0 spiro atoms. The van der Waals surface area contributed by atoms with E-state index in [2.05, 4.69) is 51.6 Å². The fourth-order valence-corrected chi connectivity index (χ4v) is 3.52. The first-order valence-corrected chi connectivity index (χ1v) is 8.80. The molecule has 1 aliphatic rings. The molecule has 5 heteroatoms. The van der Waals surface area contributed by atoms with Crippen LogP contribution in [0, 0.1) is 0 Å². The van der Waals surface area contributed by atoms with Gasteiger partial charge in [0.2, 0.25) is 0 Å². The normalized spacial score (nSPS) is 16.7. The Morgan fingerprint density at radius 2 is 2.12 bits per heavy atom. The predicted octanol–water partition coefficient (Wildman–Crippen LogP) is 1.95. The van der Waals surface area contributed by atoms with Gasteiger partial charge in [-0.2, -0.15) is 5.10 Å². The Balaban J connectivity index is 1.83. The van der Waals surface area contributed by atoms with E-state index in [9.17, 15) is 4.79 Å². The van der Waals surface area contributed by atoms with Gasteiger partial charge < -0.3 is 10.6 Å². The van der Waals surface area contributed by atoms with Gasteiger partial charge in [-0.25, -0.2) is 0 Å². The highest BCUT2D eigenvalue weighted by molar-refractivity contribution is 5.93. The standard InChI is InChI=1S/C19H26N4O/c1-3-21-15-9-10-17-16(13-15)18(19(24)20-2)22-23(17)12-11-14-7-5-4-6-8-14/h4-8,15,21H,3,9-13H2,1-2H3,(H,20,24). The number of rotatable bonds is 6. The number of hydrogen-bond donors (Lipinski definition) is 2. The summed E-state index contributed by atoms with van der Waals surface area (Å²) in [5.41, 5.74) is 4.26. The van der Waals surface area contributed by atoms with Crippen molar-refractivity contribution in [2.75, 3.05) is 13.6 Å². The van der Waals surface area contributed by atoms with Gasteiger partial charge >= 0.3 is 0 Å². The number of carbonyl (C=O) groups is 1. The Morgan fingerprint density at radius 3 is 2.83 bits per heavy atom. The van der Waals surface area contributed by atoms with Crippen LogP contribution in [0.1, 0.15) is 40.7 Å². The summed E-state index contributed by atoms with van der Waals surface area (Å²) in [6.07, 6.45) is 3.90. The second-order valence-electron chi connectivity index (χ2n) is 6.31. The molecule has 1 unspecified atom stereocenters. The molecule has 5 nitrogen and oxygen atoms in total. The molecule has 2 N–H and O–H groups in total. The molecule has 0 aliphatic heterocycles. The molecule has 1 aromatic heterocycles. The third-order valence-corrected chi connectivity index (χ3v) is 4.74. The number of aromatic nitrogens is 2. The van der Waals surface area contributed by atoms with Crippen molar-refractivity contribution in [2.24, 2.45) is 0 Å². The van der Waals surface area contributed by atoms with Crippen molar-refractivity contribution in [1.29, 1.82) is 0 Å². The van der Waals surface area contributed by atoms with Gasteiger partial charge in [-0.05, 0) is 37.8 Å². The summed E-state index contributed by atoms with van der Waals surface area (Å²) in [6, 6.07) is 10.9. The zero-order valence-corrected chi connectivity index (χ0v) is 14.5. The van der Waals surface area contributed by atoms with Crippen molar-refractivity contribution in [3.63, 3.8) is 0 Å². The van der Waals surface area contributed by atoms with Crippen LogP contribution >= 0.6 is 0 Å². The van der Waals surface area contributed by atoms with Gasteiger partial charge in [0.25, 0.3) is 5.91 Å². The number of carbonyl (C=O) groups excluding carboxylic acids is 1. The van der Waals surface area contributed by atoms with Crippen LogP contribution < -0.4 is 10.6 Å². The highest BCUT2D eigenvalue weighted by atomic mass is 16.1. The first-order chi connectivity index (χ1) is 11.7. The number of nitrogens with zero attached hydrogens (tertiary/aromatic N) is 2. The molecule has 1 heterocycles. The number of amides is 1. The number of hydrogen-bond acceptors (Lipinski definition) is 3. The van der Waals surface area contributed by atoms with E-state index in [0.29, 0.717) is 11.7 Å². The van der Waals surface area contributed by atoms with Crippen LogP contribution in [0.4, 0.5) is 0 Å². The minimum atomic E-state index is -0.0816. The van der Waals surface area contributed by atoms with E-state index in [-0.39, 0.29) is 5.91 Å². The third-order valence-electron chi connectivity index (χ3n) is 4.74. The topological polar surface area (TPSA) is 59.0 Å². The number of benzene rings is 1. The molecule has 0 fully saturated rings. The van der Waals surface area contributed by atoms with Crippen molar-refractivity contribution >= 4 is 5.91 Å². The first-order valence-electron chi connectivity index (χ1n) is 8.80. The second-order valence-corrected chi connectivity index (χ2v) is 6.31. The molecule has 2 aromatic rings. The predicted molar refractivity (Wildman–Crippen MR) is 95.3 cm³/mol. The first kappa shape index (κ1) is 16.7. The van der Waals surface area contributed by atoms with Gasteiger partial charge in [0, 0.05) is 30.9 Å². The van der Waals surface area contributed by atoms with Crippen LogP contribution in [-0.2, 0) is 25.8 Å². The van der Waals surface area contributed by atoms with Crippen LogP contribution in [0.3, 0.4) is 0 Å². The summed E-state index contributed by atoms with van der Waals surface area (Å²) in [5.74, 6) is -0.0816. The van der Waals surface area contributed by atoms with Crippen LogP contribution in [0.5, 0.6) is 0 Å². The lowest BCUT2D eigenvalue weighted by Crippen LogP contribution is -2.35. The molecule has 0 radical (unpaired) electrons. The summed E-state index contributed by atoms with van der Waals surface area (Å²) in [4.78, 5) is 12.2. The van der Waals surface area contributed by atoms with Gasteiger partial charge in [0.15, 0.2) is 5.69 Å². The zero-order valence-electron chi connectivity index (χ0n) is 14.5. The summed E-state index contributed by atoms with van der Waals surface area (Å²) >= 11 is 0. The quantitative estimate of drug-likeness (QED) is 0.853. The molecule has 24 heavy (non-hydrogen) atoms. The van der Waals surface area contributed by atoms with Crippen LogP contribution in [0.2, 0.25) is 0 Å². The van der Waals surface area contributed by atoms with E-state index in [1.54, 1.807) is 7.05 Å². The van der Waals surface area contributed by atoms with E-state index >= 15 is 0 Å². The lowest BCUT2D eigenvalue weighted by atomic mass is 9.91. The molecular formula is C19H26N4O. The zero-order chi connectivity index (χ0) is 16.9. The molecule has 0 bridgehead atoms. The Labute approximate surface area is 143 Å². The molecule has 128 valence electrons. The maximum absolute atomic E-state index is 12.2. The van der Waals surface area contributed by atoms with Crippen molar-refractivity contribution in [2.45, 2.75) is 45.2 Å². The minimum Gasteiger partial charge on any atom is -0.354 e. The Kier molecular flexibility index (Phi) is 5.30. The highest BCUT2D eigenvalue weighted by Gasteiger charge is 2.28. The third kappa shape index (κ3) is 3.51. The Bertz CT molecular complexity index is 693. The molecule has 1 aliphatic carbocycles. The molecule has 3 rings (SSSR count). The minimum absolute atomic E-state index is 0.0816. The summed E-state index contributed by atoms with van der Waals surface area (Å²) in [5, 5.41) is 10.9. The number of fused-ring (bicyclic) bond motifs is 1. The summed E-state index contributed by atoms with van der Waals surface area (Å²) in [6.45, 7) is 3.89. The maximum Gasteiger partial charge on any atom is 0.271 e. The van der Waals surface area contributed by atoms with Gasteiger partial charge in [0.1, 0.15) is 0 Å². The average Bonchev–Trinajstić information content (AvgIpc) is 2.98. The number of aryl methyl sites for hydroxylation is 2. The van der Waals surface area contributed by atoms with Crippen molar-refractivity contribution < 1.29 is 4.79 Å². The summed E-state index contributed by atoms with van der Waals surface area (Å²) < 4.78 is 2.05. The Hall–Kier alpha value is -2.14. The molecule has 1 atom stereocenters. The fraction of sp³-hybridized carbons (Fsp3) is 0.474. The van der Waals surface area contributed by atoms with E-state index < -0.39 is 0 Å². The van der Waals surface area contributed by atoms with E-state index in [4.69, 9.17) is 0 Å². The molecule has 1 amide bonds. The highest BCUT2D eigenvalue weighted by Crippen LogP contribution is 2.25. The number of nitrogens with one attached hydrogen (secondary N) is 2.